The molecule has 0 bridgehead atoms. The van der Waals surface area contributed by atoms with Crippen molar-refractivity contribution in [3.05, 3.63) is 118 Å². The molecule has 1 atom stereocenters. The Morgan fingerprint density at radius 2 is 1.43 bits per heavy atom. The van der Waals surface area contributed by atoms with Gasteiger partial charge in [-0.2, -0.15) is 0 Å². The molecule has 4 nitrogen and oxygen atoms in total. The lowest BCUT2D eigenvalue weighted by atomic mass is 9.88. The Labute approximate surface area is 163 Å². The molecule has 0 saturated heterocycles. The van der Waals surface area contributed by atoms with Gasteiger partial charge in [0.05, 0.1) is 18.7 Å². The van der Waals surface area contributed by atoms with Crippen molar-refractivity contribution in [3.8, 4) is 17.1 Å². The van der Waals surface area contributed by atoms with E-state index >= 15 is 0 Å². The fourth-order valence-corrected chi connectivity index (χ4v) is 3.33. The summed E-state index contributed by atoms with van der Waals surface area (Å²) in [5.74, 6) is 1.20. The largest absolute Gasteiger partial charge is 0.497 e. The van der Waals surface area contributed by atoms with E-state index in [1.165, 1.54) is 0 Å². The molecule has 1 aromatic heterocycles. The Kier molecular flexibility index (Phi) is 5.02. The number of methoxy groups -OCH3 is 1. The van der Waals surface area contributed by atoms with Gasteiger partial charge in [-0.25, -0.2) is 4.98 Å². The molecule has 138 valence electrons. The summed E-state index contributed by atoms with van der Waals surface area (Å²) in [4.78, 5) is 20.1. The summed E-state index contributed by atoms with van der Waals surface area (Å²) in [7, 11) is 1.65. The summed E-state index contributed by atoms with van der Waals surface area (Å²) >= 11 is 0. The zero-order valence-corrected chi connectivity index (χ0v) is 15.5. The van der Waals surface area contributed by atoms with Crippen molar-refractivity contribution in [1.82, 2.24) is 9.97 Å². The van der Waals surface area contributed by atoms with Gasteiger partial charge in [0.25, 0.3) is 5.56 Å². The lowest BCUT2D eigenvalue weighted by Crippen LogP contribution is -2.14. The summed E-state index contributed by atoms with van der Waals surface area (Å²) in [6.07, 6.45) is 0. The fourth-order valence-electron chi connectivity index (χ4n) is 3.33. The minimum absolute atomic E-state index is 0.156. The molecule has 0 aliphatic carbocycles. The highest BCUT2D eigenvalue weighted by atomic mass is 16.5. The van der Waals surface area contributed by atoms with Gasteiger partial charge in [0, 0.05) is 11.6 Å². The first-order chi connectivity index (χ1) is 13.7. The monoisotopic (exact) mass is 368 g/mol. The van der Waals surface area contributed by atoms with Gasteiger partial charge in [-0.1, -0.05) is 72.8 Å². The van der Waals surface area contributed by atoms with Crippen molar-refractivity contribution < 1.29 is 4.74 Å². The first-order valence-corrected chi connectivity index (χ1v) is 9.10. The molecule has 3 aromatic carbocycles. The van der Waals surface area contributed by atoms with Gasteiger partial charge in [-0.15, -0.1) is 0 Å². The number of H-pyrrole nitrogens is 1. The Morgan fingerprint density at radius 3 is 2.07 bits per heavy atom. The second kappa shape index (κ2) is 7.92. The normalized spacial score (nSPS) is 11.8. The van der Waals surface area contributed by atoms with E-state index in [4.69, 9.17) is 9.72 Å². The molecule has 1 N–H and O–H groups in total. The minimum atomic E-state index is -0.168. The second-order valence-corrected chi connectivity index (χ2v) is 6.50. The maximum Gasteiger partial charge on any atom is 0.251 e. The van der Waals surface area contributed by atoms with E-state index in [2.05, 4.69) is 17.1 Å². The molecule has 0 aliphatic heterocycles. The molecule has 0 radical (unpaired) electrons. The molecular weight excluding hydrogens is 348 g/mol. The molecule has 0 saturated carbocycles. The molecule has 1 unspecified atom stereocenters. The third-order valence-electron chi connectivity index (χ3n) is 4.69. The van der Waals surface area contributed by atoms with Crippen LogP contribution in [0, 0.1) is 0 Å². The van der Waals surface area contributed by atoms with Crippen LogP contribution in [0.4, 0.5) is 0 Å². The topological polar surface area (TPSA) is 55.0 Å². The Bertz CT molecular complexity index is 1100. The maximum atomic E-state index is 12.4. The smallest absolute Gasteiger partial charge is 0.251 e. The molecule has 4 aromatic rings. The van der Waals surface area contributed by atoms with Crippen LogP contribution in [0.25, 0.3) is 11.4 Å². The number of hydrogen-bond donors (Lipinski definition) is 1. The molecule has 0 aliphatic rings. The van der Waals surface area contributed by atoms with Crippen LogP contribution in [0.5, 0.6) is 5.75 Å². The predicted molar refractivity (Wildman–Crippen MR) is 111 cm³/mol. The van der Waals surface area contributed by atoms with Crippen molar-refractivity contribution >= 4 is 0 Å². The molecule has 0 spiro atoms. The van der Waals surface area contributed by atoms with Gasteiger partial charge >= 0.3 is 0 Å². The molecule has 4 heteroatoms. The summed E-state index contributed by atoms with van der Waals surface area (Å²) in [6, 6.07) is 29.2. The number of benzene rings is 3. The summed E-state index contributed by atoms with van der Waals surface area (Å²) in [5.41, 5.74) is 3.54. The molecule has 28 heavy (non-hydrogen) atoms. The second-order valence-electron chi connectivity index (χ2n) is 6.50. The number of aromatic nitrogens is 2. The SMILES string of the molecule is COc1ccc(C(c2ccccc2)c2cc(=O)[nH]c(-c3ccccc3)n2)cc1. The van der Waals surface area contributed by atoms with Crippen LogP contribution in [0.2, 0.25) is 0 Å². The first-order valence-electron chi connectivity index (χ1n) is 9.10. The van der Waals surface area contributed by atoms with E-state index in [-0.39, 0.29) is 11.5 Å². The Hall–Kier alpha value is -3.66. The number of ether oxygens (including phenoxy) is 1. The van der Waals surface area contributed by atoms with Gasteiger partial charge < -0.3 is 9.72 Å². The fraction of sp³-hybridized carbons (Fsp3) is 0.0833. The van der Waals surface area contributed by atoms with Crippen molar-refractivity contribution in [2.24, 2.45) is 0 Å². The van der Waals surface area contributed by atoms with Crippen LogP contribution in [0.15, 0.2) is 95.8 Å². The number of nitrogens with one attached hydrogen (secondary N) is 1. The molecule has 4 rings (SSSR count). The molecular formula is C24H20N2O2. The van der Waals surface area contributed by atoms with E-state index in [1.807, 2.05) is 72.8 Å². The van der Waals surface area contributed by atoms with Crippen molar-refractivity contribution in [2.75, 3.05) is 7.11 Å². The van der Waals surface area contributed by atoms with Crippen LogP contribution < -0.4 is 10.3 Å². The quantitative estimate of drug-likeness (QED) is 0.559. The summed E-state index contributed by atoms with van der Waals surface area (Å²) in [5, 5.41) is 0. The number of rotatable bonds is 5. The van der Waals surface area contributed by atoms with Gasteiger partial charge in [-0.3, -0.25) is 4.79 Å². The molecule has 0 fully saturated rings. The van der Waals surface area contributed by atoms with Gasteiger partial charge in [0.2, 0.25) is 0 Å². The first kappa shape index (κ1) is 17.7. The zero-order chi connectivity index (χ0) is 19.3. The maximum absolute atomic E-state index is 12.4. The average Bonchev–Trinajstić information content (AvgIpc) is 2.75. The van der Waals surface area contributed by atoms with Crippen LogP contribution in [0.3, 0.4) is 0 Å². The molecule has 0 amide bonds. The lowest BCUT2D eigenvalue weighted by molar-refractivity contribution is 0.414. The third kappa shape index (κ3) is 3.71. The van der Waals surface area contributed by atoms with Crippen molar-refractivity contribution in [1.29, 1.82) is 0 Å². The molecule has 1 heterocycles. The van der Waals surface area contributed by atoms with Crippen molar-refractivity contribution in [3.63, 3.8) is 0 Å². The van der Waals surface area contributed by atoms with E-state index in [0.29, 0.717) is 11.5 Å². The summed E-state index contributed by atoms with van der Waals surface area (Å²) in [6.45, 7) is 0. The van der Waals surface area contributed by atoms with E-state index in [0.717, 1.165) is 22.4 Å². The third-order valence-corrected chi connectivity index (χ3v) is 4.69. The number of aromatic amines is 1. The van der Waals surface area contributed by atoms with Crippen LogP contribution in [0.1, 0.15) is 22.7 Å². The standard InChI is InChI=1S/C24H20N2O2/c1-28-20-14-12-18(13-15-20)23(17-8-4-2-5-9-17)21-16-22(27)26-24(25-21)19-10-6-3-7-11-19/h2-16,23H,1H3,(H,25,26,27). The van der Waals surface area contributed by atoms with Gasteiger partial charge in [-0.05, 0) is 23.3 Å². The van der Waals surface area contributed by atoms with Gasteiger partial charge in [0.15, 0.2) is 0 Å². The summed E-state index contributed by atoms with van der Waals surface area (Å²) < 4.78 is 5.29. The number of hydrogen-bond acceptors (Lipinski definition) is 3. The highest BCUT2D eigenvalue weighted by molar-refractivity contribution is 5.55. The average molecular weight is 368 g/mol. The highest BCUT2D eigenvalue weighted by Gasteiger charge is 2.20. The van der Waals surface area contributed by atoms with Crippen LogP contribution in [-0.4, -0.2) is 17.1 Å². The zero-order valence-electron chi connectivity index (χ0n) is 15.5. The number of nitrogens with zero attached hydrogens (tertiary/aromatic N) is 1. The minimum Gasteiger partial charge on any atom is -0.497 e. The Morgan fingerprint density at radius 1 is 0.821 bits per heavy atom. The van der Waals surface area contributed by atoms with Gasteiger partial charge in [0.1, 0.15) is 11.6 Å². The van der Waals surface area contributed by atoms with Crippen LogP contribution in [-0.2, 0) is 0 Å². The Balaban J connectivity index is 1.87. The van der Waals surface area contributed by atoms with Crippen LogP contribution >= 0.6 is 0 Å². The van der Waals surface area contributed by atoms with Crippen molar-refractivity contribution in [2.45, 2.75) is 5.92 Å². The van der Waals surface area contributed by atoms with E-state index < -0.39 is 0 Å². The highest BCUT2D eigenvalue weighted by Crippen LogP contribution is 2.32. The van der Waals surface area contributed by atoms with E-state index in [9.17, 15) is 4.79 Å². The van der Waals surface area contributed by atoms with E-state index in [1.54, 1.807) is 13.2 Å². The predicted octanol–water partition coefficient (Wildman–Crippen LogP) is 4.63. The lowest BCUT2D eigenvalue weighted by Gasteiger charge is -2.18.